The maximum atomic E-state index is 15.0. The van der Waals surface area contributed by atoms with Gasteiger partial charge in [0, 0.05) is 17.3 Å². The van der Waals surface area contributed by atoms with E-state index in [0.29, 0.717) is 5.69 Å². The summed E-state index contributed by atoms with van der Waals surface area (Å²) in [7, 11) is 1.16. The topological polar surface area (TPSA) is 127 Å². The number of nitrogens with one attached hydrogen (secondary N) is 1. The van der Waals surface area contributed by atoms with Crippen molar-refractivity contribution in [1.29, 1.82) is 5.26 Å². The molecule has 1 aliphatic heterocycles. The predicted octanol–water partition coefficient (Wildman–Crippen LogP) is 1.86. The number of rotatable bonds is 4. The molecular weight excluding hydrogens is 483 g/mol. The van der Waals surface area contributed by atoms with E-state index in [4.69, 9.17) is 5.73 Å². The van der Waals surface area contributed by atoms with Gasteiger partial charge in [0.25, 0.3) is 11.5 Å². The fourth-order valence-electron chi connectivity index (χ4n) is 3.97. The predicted molar refractivity (Wildman–Crippen MR) is 134 cm³/mol. The van der Waals surface area contributed by atoms with Crippen LogP contribution < -0.4 is 25.8 Å². The third-order valence-corrected chi connectivity index (χ3v) is 7.05. The lowest BCUT2D eigenvalue weighted by Gasteiger charge is -2.25. The van der Waals surface area contributed by atoms with E-state index >= 15 is 0 Å². The summed E-state index contributed by atoms with van der Waals surface area (Å²) in [6.45, 7) is 3.82. The number of allylic oxidation sites excluding steroid dienone is 1. The minimum Gasteiger partial charge on any atom is -0.466 e. The Kier molecular flexibility index (Phi) is 6.59. The molecule has 182 valence electrons. The van der Waals surface area contributed by atoms with E-state index in [2.05, 4.69) is 10.1 Å². The van der Waals surface area contributed by atoms with Crippen LogP contribution in [0.15, 0.2) is 52.8 Å². The van der Waals surface area contributed by atoms with Crippen molar-refractivity contribution >= 4 is 46.4 Å². The molecule has 2 heterocycles. The van der Waals surface area contributed by atoms with Crippen LogP contribution in [-0.4, -0.2) is 23.6 Å². The summed E-state index contributed by atoms with van der Waals surface area (Å²) in [6, 6.07) is 13.0. The zero-order valence-electron chi connectivity index (χ0n) is 19.6. The number of aromatic nitrogens is 1. The monoisotopic (exact) mass is 504 g/mol. The van der Waals surface area contributed by atoms with Crippen molar-refractivity contribution in [2.24, 2.45) is 5.73 Å². The summed E-state index contributed by atoms with van der Waals surface area (Å²) in [5, 5.41) is 12.8. The zero-order valence-corrected chi connectivity index (χ0v) is 20.4. The number of aryl methyl sites for hydroxylation is 2. The van der Waals surface area contributed by atoms with Crippen LogP contribution in [0.1, 0.15) is 22.6 Å². The van der Waals surface area contributed by atoms with Crippen molar-refractivity contribution < 1.29 is 18.7 Å². The number of methoxy groups -OCH3 is 1. The highest BCUT2D eigenvalue weighted by atomic mass is 32.1. The zero-order chi connectivity index (χ0) is 26.1. The van der Waals surface area contributed by atoms with Gasteiger partial charge in [0.2, 0.25) is 0 Å². The number of carbonyl (C=O) groups excluding carboxylic acids is 2. The molecule has 0 saturated heterocycles. The first kappa shape index (κ1) is 24.6. The minimum absolute atomic E-state index is 0.0457. The normalized spacial score (nSPS) is 15.4. The largest absolute Gasteiger partial charge is 0.466 e. The van der Waals surface area contributed by atoms with Crippen molar-refractivity contribution in [3.05, 3.63) is 90.1 Å². The number of esters is 1. The number of carbonyl (C=O) groups is 2. The molecule has 4 rings (SSSR count). The third kappa shape index (κ3) is 4.21. The summed E-state index contributed by atoms with van der Waals surface area (Å²) in [6.07, 6.45) is 0.981. The van der Waals surface area contributed by atoms with Gasteiger partial charge in [-0.2, -0.15) is 5.26 Å². The van der Waals surface area contributed by atoms with Gasteiger partial charge in [-0.1, -0.05) is 24.3 Å². The van der Waals surface area contributed by atoms with E-state index in [9.17, 15) is 24.0 Å². The molecule has 8 nitrogen and oxygen atoms in total. The Balaban J connectivity index is 2.06. The van der Waals surface area contributed by atoms with E-state index in [1.54, 1.807) is 18.2 Å². The van der Waals surface area contributed by atoms with Crippen LogP contribution in [0.5, 0.6) is 0 Å². The highest BCUT2D eigenvalue weighted by molar-refractivity contribution is 7.07. The Labute approximate surface area is 209 Å². The number of nitrogens with two attached hydrogens (primary N) is 1. The second-order valence-electron chi connectivity index (χ2n) is 8.11. The minimum atomic E-state index is -1.19. The number of hydrogen-bond acceptors (Lipinski definition) is 7. The van der Waals surface area contributed by atoms with Crippen molar-refractivity contribution in [1.82, 2.24) is 4.57 Å². The van der Waals surface area contributed by atoms with Crippen molar-refractivity contribution in [2.75, 3.05) is 12.4 Å². The van der Waals surface area contributed by atoms with Gasteiger partial charge in [0.15, 0.2) is 0 Å². The van der Waals surface area contributed by atoms with E-state index < -0.39 is 29.2 Å². The fourth-order valence-corrected chi connectivity index (χ4v) is 5.11. The van der Waals surface area contributed by atoms with E-state index in [0.717, 1.165) is 40.2 Å². The van der Waals surface area contributed by atoms with Crippen LogP contribution in [0.4, 0.5) is 10.1 Å². The molecule has 0 saturated carbocycles. The third-order valence-electron chi connectivity index (χ3n) is 5.94. The first-order chi connectivity index (χ1) is 17.2. The summed E-state index contributed by atoms with van der Waals surface area (Å²) >= 11 is 0.829. The molecular formula is C26H21FN4O4S. The average molecular weight is 505 g/mol. The van der Waals surface area contributed by atoms with Gasteiger partial charge < -0.3 is 15.8 Å². The fraction of sp³-hybridized carbons (Fsp3) is 0.154. The first-order valence-electron chi connectivity index (χ1n) is 10.8. The van der Waals surface area contributed by atoms with Gasteiger partial charge in [0.1, 0.15) is 20.8 Å². The van der Waals surface area contributed by atoms with Crippen LogP contribution in [0, 0.1) is 31.0 Å². The van der Waals surface area contributed by atoms with E-state index in [1.807, 2.05) is 26.0 Å². The number of ether oxygens (including phenoxy) is 1. The van der Waals surface area contributed by atoms with E-state index in [1.165, 1.54) is 18.2 Å². The SMILES string of the molecule is COC(=O)/C=c1\sc2n(c1=O)C(N)=C(C#N)[C@@H](c1ccccc1F)C=2C(=O)Nc1ccc(C)c(C)c1. The second kappa shape index (κ2) is 9.64. The van der Waals surface area contributed by atoms with Crippen molar-refractivity contribution in [2.45, 2.75) is 19.8 Å². The van der Waals surface area contributed by atoms with Gasteiger partial charge in [-0.15, -0.1) is 11.3 Å². The van der Waals surface area contributed by atoms with Crippen LogP contribution >= 0.6 is 11.3 Å². The molecule has 0 unspecified atom stereocenters. The number of thiazole rings is 1. The Hall–Kier alpha value is -4.49. The molecule has 1 aliphatic rings. The van der Waals surface area contributed by atoms with Crippen molar-refractivity contribution in [3.63, 3.8) is 0 Å². The number of fused-ring (bicyclic) bond motifs is 1. The number of anilines is 1. The lowest BCUT2D eigenvalue weighted by molar-refractivity contribution is -0.133. The highest BCUT2D eigenvalue weighted by Gasteiger charge is 2.37. The van der Waals surface area contributed by atoms with E-state index in [-0.39, 0.29) is 31.7 Å². The number of benzene rings is 2. The van der Waals surface area contributed by atoms with Gasteiger partial charge >= 0.3 is 5.97 Å². The quantitative estimate of drug-likeness (QED) is 0.522. The van der Waals surface area contributed by atoms with Crippen LogP contribution in [0.3, 0.4) is 0 Å². The van der Waals surface area contributed by atoms with Crippen LogP contribution in [-0.2, 0) is 14.3 Å². The molecule has 0 radical (unpaired) electrons. The molecule has 1 aromatic heterocycles. The standard InChI is InChI=1S/C26H21FN4O4S/c1-13-8-9-15(10-14(13)2)30-24(33)22-21(16-6-4-5-7-18(16)27)17(12-28)23(29)31-25(34)19(36-26(22)31)11-20(32)35-3/h4-11,21H,29H2,1-3H3,(H,30,33)/b19-11-/t21-/m1/s1. The average Bonchev–Trinajstić information content (AvgIpc) is 3.17. The Morgan fingerprint density at radius 2 is 1.94 bits per heavy atom. The highest BCUT2D eigenvalue weighted by Crippen LogP contribution is 2.37. The number of amides is 1. The Bertz CT molecular complexity index is 1680. The number of nitrogens with zero attached hydrogens (tertiary/aromatic N) is 2. The first-order valence-corrected chi connectivity index (χ1v) is 11.6. The molecule has 0 fully saturated rings. The van der Waals surface area contributed by atoms with Gasteiger partial charge in [-0.3, -0.25) is 14.2 Å². The second-order valence-corrected chi connectivity index (χ2v) is 9.14. The van der Waals surface area contributed by atoms with Gasteiger partial charge in [0.05, 0.1) is 30.2 Å². The number of hydrogen-bond donors (Lipinski definition) is 2. The number of halogens is 1. The molecule has 1 atom stereocenters. The molecule has 2 aromatic carbocycles. The number of nitriles is 1. The van der Waals surface area contributed by atoms with Crippen molar-refractivity contribution in [3.8, 4) is 6.07 Å². The lowest BCUT2D eigenvalue weighted by atomic mass is 9.83. The Morgan fingerprint density at radius 3 is 2.58 bits per heavy atom. The summed E-state index contributed by atoms with van der Waals surface area (Å²) in [5.74, 6) is -3.50. The molecule has 3 N–H and O–H groups in total. The summed E-state index contributed by atoms with van der Waals surface area (Å²) in [5.41, 5.74) is 7.83. The summed E-state index contributed by atoms with van der Waals surface area (Å²) < 4.78 is 20.7. The molecule has 36 heavy (non-hydrogen) atoms. The van der Waals surface area contributed by atoms with Crippen LogP contribution in [0.25, 0.3) is 17.5 Å². The maximum Gasteiger partial charge on any atom is 0.332 e. The molecule has 3 aromatic rings. The van der Waals surface area contributed by atoms with Gasteiger partial charge in [-0.05, 0) is 43.2 Å². The summed E-state index contributed by atoms with van der Waals surface area (Å²) in [4.78, 5) is 38.7. The molecule has 10 heteroatoms. The molecule has 1 amide bonds. The maximum absolute atomic E-state index is 15.0. The van der Waals surface area contributed by atoms with Crippen LogP contribution in [0.2, 0.25) is 0 Å². The molecule has 0 bridgehead atoms. The Morgan fingerprint density at radius 1 is 1.22 bits per heavy atom. The lowest BCUT2D eigenvalue weighted by Crippen LogP contribution is -2.41. The molecule has 0 spiro atoms. The smallest absolute Gasteiger partial charge is 0.332 e. The molecule has 0 aliphatic carbocycles. The van der Waals surface area contributed by atoms with Gasteiger partial charge in [-0.25, -0.2) is 9.18 Å².